The lowest BCUT2D eigenvalue weighted by Gasteiger charge is -2.60. The number of halogens is 1. The molecule has 4 aliphatic carbocycles. The Morgan fingerprint density at radius 3 is 2.66 bits per heavy atom. The summed E-state index contributed by atoms with van der Waals surface area (Å²) in [6.07, 6.45) is 6.81. The first-order valence-corrected chi connectivity index (χ1v) is 11.2. The van der Waals surface area contributed by atoms with Crippen LogP contribution < -0.4 is 0 Å². The topological polar surface area (TPSA) is 54.0 Å². The van der Waals surface area contributed by atoms with Crippen molar-refractivity contribution in [3.8, 4) is 0 Å². The minimum atomic E-state index is -1.13. The van der Waals surface area contributed by atoms with E-state index in [2.05, 4.69) is 13.8 Å². The molecule has 2 heterocycles. The van der Waals surface area contributed by atoms with Crippen molar-refractivity contribution in [2.75, 3.05) is 20.2 Å². The Morgan fingerprint density at radius 1 is 1.03 bits per heavy atom. The van der Waals surface area contributed by atoms with Gasteiger partial charge in [-0.15, -0.1) is 0 Å². The first-order chi connectivity index (χ1) is 13.9. The minimum Gasteiger partial charge on any atom is -0.350 e. The quantitative estimate of drug-likeness (QED) is 0.611. The third-order valence-electron chi connectivity index (χ3n) is 9.91. The van der Waals surface area contributed by atoms with Crippen LogP contribution in [-0.2, 0) is 23.7 Å². The van der Waals surface area contributed by atoms with Gasteiger partial charge in [-0.1, -0.05) is 19.4 Å². The minimum absolute atomic E-state index is 0.0624. The Labute approximate surface area is 171 Å². The van der Waals surface area contributed by atoms with Crippen molar-refractivity contribution in [1.82, 2.24) is 0 Å². The predicted molar refractivity (Wildman–Crippen MR) is 101 cm³/mol. The van der Waals surface area contributed by atoms with Gasteiger partial charge < -0.3 is 18.9 Å². The summed E-state index contributed by atoms with van der Waals surface area (Å²) in [6, 6.07) is 0. The van der Waals surface area contributed by atoms with E-state index in [0.29, 0.717) is 24.7 Å². The van der Waals surface area contributed by atoms with Gasteiger partial charge in [0.15, 0.2) is 25.0 Å². The predicted octanol–water partition coefficient (Wildman–Crippen LogP) is 3.91. The highest BCUT2D eigenvalue weighted by molar-refractivity contribution is 5.91. The average molecular weight is 406 g/mol. The number of carbonyl (C=O) groups excluding carboxylic acids is 1. The fourth-order valence-electron chi connectivity index (χ4n) is 8.54. The van der Waals surface area contributed by atoms with Gasteiger partial charge in [0.1, 0.15) is 12.8 Å². The maximum absolute atomic E-state index is 16.0. The summed E-state index contributed by atoms with van der Waals surface area (Å²) in [5, 5.41) is 0. The monoisotopic (exact) mass is 406 g/mol. The molecule has 5 fully saturated rings. The molecule has 8 unspecified atom stereocenters. The lowest BCUT2D eigenvalue weighted by molar-refractivity contribution is -0.261. The number of fused-ring (bicyclic) bond motifs is 7. The van der Waals surface area contributed by atoms with Gasteiger partial charge in [-0.3, -0.25) is 4.79 Å². The number of allylic oxidation sites excluding steroid dienone is 1. The molecular weight excluding hydrogens is 375 g/mol. The molecule has 160 valence electrons. The Kier molecular flexibility index (Phi) is 3.85. The molecular formula is C23H31FO5. The Balaban J connectivity index is 1.40. The van der Waals surface area contributed by atoms with E-state index in [1.54, 1.807) is 0 Å². The number of hydrogen-bond donors (Lipinski definition) is 0. The zero-order valence-corrected chi connectivity index (χ0v) is 17.4. The van der Waals surface area contributed by atoms with Crippen LogP contribution in [0.25, 0.3) is 0 Å². The third-order valence-corrected chi connectivity index (χ3v) is 9.91. The Morgan fingerprint density at radius 2 is 1.86 bits per heavy atom. The highest BCUT2D eigenvalue weighted by atomic mass is 19.1. The van der Waals surface area contributed by atoms with E-state index in [9.17, 15) is 4.79 Å². The molecule has 0 bridgehead atoms. The summed E-state index contributed by atoms with van der Waals surface area (Å²) < 4.78 is 39.5. The molecule has 6 heteroatoms. The summed E-state index contributed by atoms with van der Waals surface area (Å²) in [5.41, 5.74) is -0.0179. The largest absolute Gasteiger partial charge is 0.350 e. The normalized spacial score (nSPS) is 56.4. The van der Waals surface area contributed by atoms with E-state index < -0.39 is 17.6 Å². The van der Waals surface area contributed by atoms with Gasteiger partial charge in [0.05, 0.1) is 0 Å². The van der Waals surface area contributed by atoms with Crippen molar-refractivity contribution in [1.29, 1.82) is 0 Å². The molecule has 0 aromatic carbocycles. The Bertz CT molecular complexity index is 770. The van der Waals surface area contributed by atoms with Gasteiger partial charge >= 0.3 is 0 Å². The molecule has 2 aliphatic heterocycles. The zero-order valence-electron chi connectivity index (χ0n) is 17.4. The fourth-order valence-corrected chi connectivity index (χ4v) is 8.54. The van der Waals surface area contributed by atoms with Crippen molar-refractivity contribution in [2.24, 2.45) is 28.6 Å². The smallest absolute Gasteiger partial charge is 0.229 e. The van der Waals surface area contributed by atoms with Gasteiger partial charge in [-0.05, 0) is 67.8 Å². The molecule has 0 aromatic heterocycles. The molecule has 8 atom stereocenters. The van der Waals surface area contributed by atoms with Crippen LogP contribution in [0.5, 0.6) is 0 Å². The summed E-state index contributed by atoms with van der Waals surface area (Å²) in [4.78, 5) is 12.0. The van der Waals surface area contributed by atoms with Crippen LogP contribution in [0.4, 0.5) is 4.39 Å². The van der Waals surface area contributed by atoms with Crippen molar-refractivity contribution in [2.45, 2.75) is 76.4 Å². The van der Waals surface area contributed by atoms with Crippen LogP contribution in [0.3, 0.4) is 0 Å². The summed E-state index contributed by atoms with van der Waals surface area (Å²) in [5.74, 6) is 0.344. The molecule has 2 saturated heterocycles. The van der Waals surface area contributed by atoms with Gasteiger partial charge in [0, 0.05) is 11.8 Å². The van der Waals surface area contributed by atoms with E-state index in [-0.39, 0.29) is 42.7 Å². The molecule has 6 rings (SSSR count). The highest BCUT2D eigenvalue weighted by Gasteiger charge is 2.79. The fraction of sp³-hybridized carbons (Fsp3) is 0.870. The number of ether oxygens (including phenoxy) is 4. The number of carbonyl (C=O) groups is 1. The maximum Gasteiger partial charge on any atom is 0.229 e. The molecule has 2 spiro atoms. The SMILES string of the molecule is CC12CCC(=O)C=C1CCC1C2CCC2(C)C1CC(F)C21OCOC12COCO2. The second kappa shape index (κ2) is 5.90. The molecule has 5 nitrogen and oxygen atoms in total. The molecule has 0 amide bonds. The van der Waals surface area contributed by atoms with Gasteiger partial charge in [0.2, 0.25) is 5.79 Å². The van der Waals surface area contributed by atoms with Gasteiger partial charge in [0.25, 0.3) is 0 Å². The van der Waals surface area contributed by atoms with E-state index in [0.717, 1.165) is 32.1 Å². The first kappa shape index (κ1) is 18.9. The summed E-state index contributed by atoms with van der Waals surface area (Å²) in [6.45, 7) is 4.99. The van der Waals surface area contributed by atoms with E-state index in [4.69, 9.17) is 18.9 Å². The third kappa shape index (κ3) is 2.07. The maximum atomic E-state index is 16.0. The van der Waals surface area contributed by atoms with Crippen molar-refractivity contribution in [3.05, 3.63) is 11.6 Å². The van der Waals surface area contributed by atoms with Crippen LogP contribution in [-0.4, -0.2) is 43.5 Å². The number of rotatable bonds is 0. The zero-order chi connectivity index (χ0) is 20.1. The second-order valence-electron chi connectivity index (χ2n) is 10.6. The number of ketones is 1. The van der Waals surface area contributed by atoms with Crippen LogP contribution in [0.1, 0.15) is 58.8 Å². The molecule has 3 saturated carbocycles. The molecule has 0 N–H and O–H groups in total. The molecule has 0 radical (unpaired) electrons. The first-order valence-electron chi connectivity index (χ1n) is 11.2. The summed E-state index contributed by atoms with van der Waals surface area (Å²) in [7, 11) is 0. The van der Waals surface area contributed by atoms with Crippen LogP contribution >= 0.6 is 0 Å². The van der Waals surface area contributed by atoms with Gasteiger partial charge in [-0.25, -0.2) is 4.39 Å². The van der Waals surface area contributed by atoms with E-state index in [1.165, 1.54) is 5.57 Å². The van der Waals surface area contributed by atoms with Crippen molar-refractivity contribution < 1.29 is 28.1 Å². The summed E-state index contributed by atoms with van der Waals surface area (Å²) >= 11 is 0. The molecule has 29 heavy (non-hydrogen) atoms. The second-order valence-corrected chi connectivity index (χ2v) is 10.6. The highest BCUT2D eigenvalue weighted by Crippen LogP contribution is 2.72. The number of hydrogen-bond acceptors (Lipinski definition) is 5. The lowest BCUT2D eigenvalue weighted by atomic mass is 9.46. The molecule has 6 aliphatic rings. The van der Waals surface area contributed by atoms with Crippen molar-refractivity contribution in [3.63, 3.8) is 0 Å². The van der Waals surface area contributed by atoms with Crippen molar-refractivity contribution >= 4 is 5.78 Å². The molecule has 0 aromatic rings. The standard InChI is InChI=1S/C23H31FO5/c1-20-7-5-15(25)9-14(20)3-4-16-17(20)6-8-21(2)18(16)10-19(24)23(21)22(28-13-29-23)11-26-12-27-22/h9,16-19H,3-8,10-13H2,1-2H3. The average Bonchev–Trinajstić information content (AvgIpc) is 3.38. The van der Waals surface area contributed by atoms with Gasteiger partial charge in [-0.2, -0.15) is 0 Å². The van der Waals surface area contributed by atoms with Crippen LogP contribution in [0.15, 0.2) is 11.6 Å². The lowest BCUT2D eigenvalue weighted by Crippen LogP contribution is -2.66. The van der Waals surface area contributed by atoms with E-state index >= 15 is 4.39 Å². The number of alkyl halides is 1. The Hall–Kier alpha value is -0.820. The van der Waals surface area contributed by atoms with Crippen LogP contribution in [0.2, 0.25) is 0 Å². The van der Waals surface area contributed by atoms with Crippen LogP contribution in [0, 0.1) is 28.6 Å². The van der Waals surface area contributed by atoms with E-state index in [1.807, 2.05) is 6.08 Å².